The molecule has 0 aromatic carbocycles. The lowest BCUT2D eigenvalue weighted by atomic mass is 10.3. The maximum Gasteiger partial charge on any atom is 0.213 e. The first-order chi connectivity index (χ1) is 7.32. The number of halogens is 1. The van der Waals surface area contributed by atoms with E-state index in [2.05, 4.69) is 26.2 Å². The third-order valence-electron chi connectivity index (χ3n) is 2.20. The second kappa shape index (κ2) is 5.11. The van der Waals surface area contributed by atoms with Crippen LogP contribution in [0.15, 0.2) is 16.7 Å². The van der Waals surface area contributed by atoms with E-state index in [1.165, 1.54) is 0 Å². The summed E-state index contributed by atoms with van der Waals surface area (Å²) in [6, 6.07) is 1.77. The predicted molar refractivity (Wildman–Crippen MR) is 67.7 cm³/mol. The van der Waals surface area contributed by atoms with Crippen LogP contribution in [-0.4, -0.2) is 25.2 Å². The molecule has 0 bridgehead atoms. The Hall–Kier alpha value is -0.660. The monoisotopic (exact) mass is 307 g/mol. The number of primary sulfonamides is 1. The molecule has 1 heterocycles. The largest absolute Gasteiger partial charge is 0.383 e. The van der Waals surface area contributed by atoms with Gasteiger partial charge in [-0.15, -0.1) is 0 Å². The van der Waals surface area contributed by atoms with Gasteiger partial charge in [-0.1, -0.05) is 0 Å². The number of pyridine rings is 1. The van der Waals surface area contributed by atoms with Crippen LogP contribution in [0, 0.1) is 6.92 Å². The molecule has 0 aliphatic heterocycles. The van der Waals surface area contributed by atoms with Crippen LogP contribution in [0.25, 0.3) is 0 Å². The standard InChI is InChI=1S/C9H14BrN3O2S/c1-6(16(11,14)15)5-13-8-3-4-12-7(2)9(8)10/h3-4,6H,5H2,1-2H3,(H,12,13)(H2,11,14,15). The van der Waals surface area contributed by atoms with Crippen LogP contribution in [0.3, 0.4) is 0 Å². The van der Waals surface area contributed by atoms with E-state index in [-0.39, 0.29) is 6.54 Å². The summed E-state index contributed by atoms with van der Waals surface area (Å²) in [5.74, 6) is 0. The molecule has 0 spiro atoms. The van der Waals surface area contributed by atoms with Gasteiger partial charge in [0, 0.05) is 12.7 Å². The molecule has 1 unspecified atom stereocenters. The van der Waals surface area contributed by atoms with Gasteiger partial charge >= 0.3 is 0 Å². The van der Waals surface area contributed by atoms with Crippen molar-refractivity contribution < 1.29 is 8.42 Å². The lowest BCUT2D eigenvalue weighted by Gasteiger charge is -2.13. The molecule has 1 aromatic rings. The Bertz CT molecular complexity index is 476. The number of aromatic nitrogens is 1. The van der Waals surface area contributed by atoms with E-state index in [1.54, 1.807) is 19.2 Å². The molecular weight excluding hydrogens is 294 g/mol. The molecule has 0 saturated carbocycles. The van der Waals surface area contributed by atoms with Crippen molar-refractivity contribution in [1.29, 1.82) is 0 Å². The van der Waals surface area contributed by atoms with Gasteiger partial charge in [0.25, 0.3) is 0 Å². The van der Waals surface area contributed by atoms with E-state index >= 15 is 0 Å². The van der Waals surface area contributed by atoms with E-state index in [0.29, 0.717) is 0 Å². The lowest BCUT2D eigenvalue weighted by Crippen LogP contribution is -2.31. The van der Waals surface area contributed by atoms with Crippen LogP contribution in [0.4, 0.5) is 5.69 Å². The van der Waals surface area contributed by atoms with Crippen LogP contribution in [0.1, 0.15) is 12.6 Å². The molecule has 90 valence electrons. The third-order valence-corrected chi connectivity index (χ3v) is 4.49. The summed E-state index contributed by atoms with van der Waals surface area (Å²) in [4.78, 5) is 4.09. The Morgan fingerprint density at radius 2 is 2.25 bits per heavy atom. The summed E-state index contributed by atoms with van der Waals surface area (Å²) >= 11 is 3.38. The van der Waals surface area contributed by atoms with Gasteiger partial charge < -0.3 is 5.32 Å². The first kappa shape index (κ1) is 13.4. The van der Waals surface area contributed by atoms with Crippen molar-refractivity contribution in [3.8, 4) is 0 Å². The minimum atomic E-state index is -3.49. The topological polar surface area (TPSA) is 85.1 Å². The minimum absolute atomic E-state index is 0.265. The maximum atomic E-state index is 11.0. The van der Waals surface area contributed by atoms with Gasteiger partial charge in [-0.25, -0.2) is 13.6 Å². The smallest absolute Gasteiger partial charge is 0.213 e. The van der Waals surface area contributed by atoms with E-state index in [4.69, 9.17) is 5.14 Å². The van der Waals surface area contributed by atoms with Crippen molar-refractivity contribution in [3.05, 3.63) is 22.4 Å². The van der Waals surface area contributed by atoms with E-state index in [9.17, 15) is 8.42 Å². The Kier molecular flexibility index (Phi) is 4.28. The molecule has 0 saturated heterocycles. The van der Waals surface area contributed by atoms with Crippen molar-refractivity contribution in [2.45, 2.75) is 19.1 Å². The van der Waals surface area contributed by atoms with Crippen molar-refractivity contribution in [3.63, 3.8) is 0 Å². The fourth-order valence-electron chi connectivity index (χ4n) is 1.05. The zero-order valence-corrected chi connectivity index (χ0v) is 11.5. The number of nitrogens with zero attached hydrogens (tertiary/aromatic N) is 1. The van der Waals surface area contributed by atoms with Crippen molar-refractivity contribution in [2.75, 3.05) is 11.9 Å². The first-order valence-corrected chi connectivity index (χ1v) is 7.09. The molecule has 0 fully saturated rings. The van der Waals surface area contributed by atoms with E-state index < -0.39 is 15.3 Å². The molecule has 1 aromatic heterocycles. The molecule has 7 heteroatoms. The molecular formula is C9H14BrN3O2S. The number of hydrogen-bond acceptors (Lipinski definition) is 4. The number of sulfonamides is 1. The fourth-order valence-corrected chi connectivity index (χ4v) is 1.75. The van der Waals surface area contributed by atoms with Gasteiger partial charge in [0.05, 0.1) is 21.1 Å². The van der Waals surface area contributed by atoms with Gasteiger partial charge in [-0.3, -0.25) is 4.98 Å². The fraction of sp³-hybridized carbons (Fsp3) is 0.444. The second-order valence-electron chi connectivity index (χ2n) is 3.54. The second-order valence-corrected chi connectivity index (χ2v) is 6.31. The lowest BCUT2D eigenvalue weighted by molar-refractivity contribution is 0.587. The van der Waals surface area contributed by atoms with Crippen molar-refractivity contribution >= 4 is 31.6 Å². The highest BCUT2D eigenvalue weighted by Crippen LogP contribution is 2.23. The van der Waals surface area contributed by atoms with Gasteiger partial charge in [0.15, 0.2) is 0 Å². The van der Waals surface area contributed by atoms with Gasteiger partial charge in [0.1, 0.15) is 0 Å². The first-order valence-electron chi connectivity index (χ1n) is 4.69. The zero-order valence-electron chi connectivity index (χ0n) is 9.07. The number of aryl methyl sites for hydroxylation is 1. The number of anilines is 1. The van der Waals surface area contributed by atoms with Gasteiger partial charge in [-0.05, 0) is 35.8 Å². The van der Waals surface area contributed by atoms with Crippen LogP contribution < -0.4 is 10.5 Å². The van der Waals surface area contributed by atoms with Crippen LogP contribution in [0.2, 0.25) is 0 Å². The van der Waals surface area contributed by atoms with Crippen LogP contribution in [-0.2, 0) is 10.0 Å². The molecule has 1 atom stereocenters. The average Bonchev–Trinajstić information content (AvgIpc) is 2.18. The number of nitrogens with two attached hydrogens (primary N) is 1. The highest BCUT2D eigenvalue weighted by molar-refractivity contribution is 9.10. The van der Waals surface area contributed by atoms with E-state index in [1.807, 2.05) is 6.92 Å². The summed E-state index contributed by atoms with van der Waals surface area (Å²) in [5.41, 5.74) is 1.65. The Balaban J connectivity index is 2.73. The van der Waals surface area contributed by atoms with Crippen molar-refractivity contribution in [2.24, 2.45) is 5.14 Å². The number of hydrogen-bond donors (Lipinski definition) is 2. The highest BCUT2D eigenvalue weighted by atomic mass is 79.9. The van der Waals surface area contributed by atoms with E-state index in [0.717, 1.165) is 15.9 Å². The number of nitrogens with one attached hydrogen (secondary N) is 1. The van der Waals surface area contributed by atoms with Gasteiger partial charge in [0.2, 0.25) is 10.0 Å². The summed E-state index contributed by atoms with van der Waals surface area (Å²) in [6.07, 6.45) is 1.66. The van der Waals surface area contributed by atoms with Gasteiger partial charge in [-0.2, -0.15) is 0 Å². The normalized spacial score (nSPS) is 13.5. The maximum absolute atomic E-state index is 11.0. The molecule has 16 heavy (non-hydrogen) atoms. The summed E-state index contributed by atoms with van der Waals surface area (Å²) in [5, 5.41) is 7.40. The Labute approximate surface area is 104 Å². The molecule has 0 aliphatic carbocycles. The molecule has 0 amide bonds. The Morgan fingerprint density at radius 3 is 2.81 bits per heavy atom. The Morgan fingerprint density at radius 1 is 1.62 bits per heavy atom. The minimum Gasteiger partial charge on any atom is -0.383 e. The predicted octanol–water partition coefficient (Wildman–Crippen LogP) is 1.24. The summed E-state index contributed by atoms with van der Waals surface area (Å²) < 4.78 is 22.9. The highest BCUT2D eigenvalue weighted by Gasteiger charge is 2.15. The average molecular weight is 308 g/mol. The molecule has 3 N–H and O–H groups in total. The molecule has 0 aliphatic rings. The molecule has 0 radical (unpaired) electrons. The SMILES string of the molecule is Cc1nccc(NCC(C)S(N)(=O)=O)c1Br. The third kappa shape index (κ3) is 3.43. The summed E-state index contributed by atoms with van der Waals surface area (Å²) in [7, 11) is -3.49. The molecule has 1 rings (SSSR count). The molecule has 5 nitrogen and oxygen atoms in total. The van der Waals surface area contributed by atoms with Crippen molar-refractivity contribution in [1.82, 2.24) is 4.98 Å². The van der Waals surface area contributed by atoms with Crippen LogP contribution >= 0.6 is 15.9 Å². The van der Waals surface area contributed by atoms with Crippen LogP contribution in [0.5, 0.6) is 0 Å². The quantitative estimate of drug-likeness (QED) is 0.876. The summed E-state index contributed by atoms with van der Waals surface area (Å²) in [6.45, 7) is 3.68. The number of rotatable bonds is 4. The zero-order chi connectivity index (χ0) is 12.3.